The normalized spacial score (nSPS) is 12.5. The van der Waals surface area contributed by atoms with Crippen LogP contribution in [-0.4, -0.2) is 49.8 Å². The number of rotatable bonds is 6. The summed E-state index contributed by atoms with van der Waals surface area (Å²) in [5.41, 5.74) is 1.72. The summed E-state index contributed by atoms with van der Waals surface area (Å²) < 4.78 is 31.0. The molecule has 0 spiro atoms. The fourth-order valence-corrected chi connectivity index (χ4v) is 3.72. The molecule has 0 saturated carbocycles. The minimum absolute atomic E-state index is 0.0448. The Labute approximate surface area is 180 Å². The molecule has 1 N–H and O–H groups in total. The van der Waals surface area contributed by atoms with E-state index in [4.69, 9.17) is 4.74 Å². The summed E-state index contributed by atoms with van der Waals surface area (Å²) in [6.45, 7) is 3.17. The number of benzene rings is 2. The van der Waals surface area contributed by atoms with Gasteiger partial charge in [-0.3, -0.25) is 4.79 Å². The second kappa shape index (κ2) is 8.83. The van der Waals surface area contributed by atoms with E-state index in [2.05, 4.69) is 10.3 Å². The molecule has 0 aliphatic carbocycles. The molecular formula is C22H23N3O5S. The van der Waals surface area contributed by atoms with Crippen LogP contribution in [0.25, 0.3) is 10.9 Å². The Balaban J connectivity index is 1.73. The van der Waals surface area contributed by atoms with Crippen molar-refractivity contribution >= 4 is 38.5 Å². The average Bonchev–Trinajstić information content (AvgIpc) is 2.74. The fourth-order valence-electron chi connectivity index (χ4n) is 2.80. The second-order valence-corrected chi connectivity index (χ2v) is 9.34. The van der Waals surface area contributed by atoms with Crippen LogP contribution >= 0.6 is 0 Å². The van der Waals surface area contributed by atoms with Crippen LogP contribution in [0.15, 0.2) is 59.5 Å². The number of anilines is 1. The number of esters is 1. The molecule has 162 valence electrons. The van der Waals surface area contributed by atoms with Crippen molar-refractivity contribution in [3.05, 3.63) is 65.9 Å². The molecular weight excluding hydrogens is 418 g/mol. The molecule has 0 fully saturated rings. The van der Waals surface area contributed by atoms with E-state index in [0.717, 1.165) is 9.69 Å². The van der Waals surface area contributed by atoms with E-state index in [9.17, 15) is 18.0 Å². The Morgan fingerprint density at radius 3 is 2.48 bits per heavy atom. The van der Waals surface area contributed by atoms with Gasteiger partial charge in [0.2, 0.25) is 10.0 Å². The minimum Gasteiger partial charge on any atom is -0.448 e. The molecule has 1 amide bonds. The lowest BCUT2D eigenvalue weighted by Gasteiger charge is -2.16. The number of carbonyl (C=O) groups excluding carboxylic acids is 2. The summed E-state index contributed by atoms with van der Waals surface area (Å²) in [5.74, 6) is -1.31. The standard InChI is InChI=1S/C22H23N3O5S/c1-14-9-11-17(31(28,29)25(3)4)13-20(14)24-21(26)15(2)30-22(27)19-12-10-16-7-5-6-8-18(16)23-19/h5-13,15H,1-4H3,(H,24,26)/t15-/m1/s1. The molecule has 0 aliphatic rings. The highest BCUT2D eigenvalue weighted by molar-refractivity contribution is 7.89. The van der Waals surface area contributed by atoms with E-state index in [0.29, 0.717) is 16.8 Å². The summed E-state index contributed by atoms with van der Waals surface area (Å²) in [6, 6.07) is 15.1. The Morgan fingerprint density at radius 1 is 1.06 bits per heavy atom. The predicted molar refractivity (Wildman–Crippen MR) is 117 cm³/mol. The van der Waals surface area contributed by atoms with E-state index < -0.39 is 28.0 Å². The summed E-state index contributed by atoms with van der Waals surface area (Å²) in [7, 11) is -0.804. The zero-order chi connectivity index (χ0) is 22.8. The molecule has 31 heavy (non-hydrogen) atoms. The van der Waals surface area contributed by atoms with Crippen molar-refractivity contribution < 1.29 is 22.7 Å². The van der Waals surface area contributed by atoms with Crippen LogP contribution in [0.2, 0.25) is 0 Å². The Kier molecular flexibility index (Phi) is 6.37. The molecule has 0 unspecified atom stereocenters. The third kappa shape index (κ3) is 4.89. The number of pyridine rings is 1. The Morgan fingerprint density at radius 2 is 1.77 bits per heavy atom. The van der Waals surface area contributed by atoms with Gasteiger partial charge in [0.05, 0.1) is 10.4 Å². The number of aryl methyl sites for hydroxylation is 1. The lowest BCUT2D eigenvalue weighted by molar-refractivity contribution is -0.123. The van der Waals surface area contributed by atoms with E-state index in [1.165, 1.54) is 39.2 Å². The zero-order valence-electron chi connectivity index (χ0n) is 17.6. The third-order valence-electron chi connectivity index (χ3n) is 4.71. The van der Waals surface area contributed by atoms with E-state index >= 15 is 0 Å². The molecule has 3 aromatic rings. The van der Waals surface area contributed by atoms with Gasteiger partial charge in [0, 0.05) is 25.2 Å². The minimum atomic E-state index is -3.66. The number of nitrogens with one attached hydrogen (secondary N) is 1. The molecule has 1 aromatic heterocycles. The Bertz CT molecular complexity index is 1250. The summed E-state index contributed by atoms with van der Waals surface area (Å²) in [5, 5.41) is 3.51. The van der Waals surface area contributed by atoms with Gasteiger partial charge in [-0.25, -0.2) is 22.5 Å². The lowest BCUT2D eigenvalue weighted by Crippen LogP contribution is -2.30. The number of carbonyl (C=O) groups is 2. The molecule has 1 heterocycles. The highest BCUT2D eigenvalue weighted by Crippen LogP contribution is 2.22. The number of para-hydroxylation sites is 1. The van der Waals surface area contributed by atoms with Gasteiger partial charge in [0.1, 0.15) is 5.69 Å². The van der Waals surface area contributed by atoms with Crippen LogP contribution in [0.4, 0.5) is 5.69 Å². The molecule has 8 nitrogen and oxygen atoms in total. The van der Waals surface area contributed by atoms with Gasteiger partial charge in [-0.1, -0.05) is 30.3 Å². The molecule has 0 saturated heterocycles. The molecule has 0 aliphatic heterocycles. The average molecular weight is 442 g/mol. The number of amides is 1. The molecule has 2 aromatic carbocycles. The smallest absolute Gasteiger partial charge is 0.357 e. The topological polar surface area (TPSA) is 106 Å². The van der Waals surface area contributed by atoms with Crippen molar-refractivity contribution in [2.45, 2.75) is 24.8 Å². The van der Waals surface area contributed by atoms with Gasteiger partial charge in [-0.2, -0.15) is 0 Å². The number of sulfonamides is 1. The second-order valence-electron chi connectivity index (χ2n) is 7.19. The van der Waals surface area contributed by atoms with Gasteiger partial charge >= 0.3 is 5.97 Å². The van der Waals surface area contributed by atoms with Gasteiger partial charge < -0.3 is 10.1 Å². The Hall–Kier alpha value is -3.30. The van der Waals surface area contributed by atoms with Crippen molar-refractivity contribution in [3.63, 3.8) is 0 Å². The van der Waals surface area contributed by atoms with E-state index in [-0.39, 0.29) is 10.6 Å². The fraction of sp³-hybridized carbons (Fsp3) is 0.227. The summed E-state index contributed by atoms with van der Waals surface area (Å²) >= 11 is 0. The van der Waals surface area contributed by atoms with Gasteiger partial charge in [-0.15, -0.1) is 0 Å². The zero-order valence-corrected chi connectivity index (χ0v) is 18.4. The quantitative estimate of drug-likeness (QED) is 0.590. The lowest BCUT2D eigenvalue weighted by atomic mass is 10.2. The first-order valence-electron chi connectivity index (χ1n) is 9.50. The first-order valence-corrected chi connectivity index (χ1v) is 10.9. The maximum absolute atomic E-state index is 12.6. The van der Waals surface area contributed by atoms with Crippen molar-refractivity contribution in [1.29, 1.82) is 0 Å². The third-order valence-corrected chi connectivity index (χ3v) is 6.52. The van der Waals surface area contributed by atoms with Gasteiger partial charge in [0.15, 0.2) is 6.10 Å². The largest absolute Gasteiger partial charge is 0.448 e. The molecule has 0 radical (unpaired) electrons. The SMILES string of the molecule is Cc1ccc(S(=O)(=O)N(C)C)cc1NC(=O)[C@@H](C)OC(=O)c1ccc2ccccc2n1. The number of aromatic nitrogens is 1. The van der Waals surface area contributed by atoms with Crippen LogP contribution in [0.3, 0.4) is 0 Å². The summed E-state index contributed by atoms with van der Waals surface area (Å²) in [6.07, 6.45) is -1.12. The predicted octanol–water partition coefficient (Wildman–Crippen LogP) is 2.98. The molecule has 1 atom stereocenters. The molecule has 3 rings (SSSR count). The maximum Gasteiger partial charge on any atom is 0.357 e. The number of ether oxygens (including phenoxy) is 1. The first-order chi connectivity index (χ1) is 14.6. The van der Waals surface area contributed by atoms with Gasteiger partial charge in [0.25, 0.3) is 5.91 Å². The van der Waals surface area contributed by atoms with Crippen molar-refractivity contribution in [3.8, 4) is 0 Å². The molecule has 0 bridgehead atoms. The van der Waals surface area contributed by atoms with Crippen LogP contribution in [0.5, 0.6) is 0 Å². The van der Waals surface area contributed by atoms with Gasteiger partial charge in [-0.05, 0) is 43.7 Å². The van der Waals surface area contributed by atoms with Crippen LogP contribution in [0, 0.1) is 6.92 Å². The summed E-state index contributed by atoms with van der Waals surface area (Å²) in [4.78, 5) is 29.3. The molecule has 9 heteroatoms. The maximum atomic E-state index is 12.6. The number of nitrogens with zero attached hydrogens (tertiary/aromatic N) is 2. The van der Waals surface area contributed by atoms with Crippen LogP contribution in [0.1, 0.15) is 23.0 Å². The first kappa shape index (κ1) is 22.4. The van der Waals surface area contributed by atoms with E-state index in [1.807, 2.05) is 18.2 Å². The van der Waals surface area contributed by atoms with E-state index in [1.54, 1.807) is 25.1 Å². The van der Waals surface area contributed by atoms with Crippen LogP contribution in [-0.2, 0) is 19.6 Å². The monoisotopic (exact) mass is 441 g/mol. The van der Waals surface area contributed by atoms with Crippen molar-refractivity contribution in [1.82, 2.24) is 9.29 Å². The van der Waals surface area contributed by atoms with Crippen LogP contribution < -0.4 is 5.32 Å². The number of hydrogen-bond donors (Lipinski definition) is 1. The number of hydrogen-bond acceptors (Lipinski definition) is 6. The van der Waals surface area contributed by atoms with Crippen molar-refractivity contribution in [2.24, 2.45) is 0 Å². The van der Waals surface area contributed by atoms with Crippen molar-refractivity contribution in [2.75, 3.05) is 19.4 Å². The highest BCUT2D eigenvalue weighted by Gasteiger charge is 2.22. The highest BCUT2D eigenvalue weighted by atomic mass is 32.2. The number of fused-ring (bicyclic) bond motifs is 1.